The Kier molecular flexibility index (Phi) is 11.0. The summed E-state index contributed by atoms with van der Waals surface area (Å²) in [6, 6.07) is 40.8. The summed E-state index contributed by atoms with van der Waals surface area (Å²) in [4.78, 5) is 70.6. The number of para-hydroxylation sites is 1. The first-order valence-corrected chi connectivity index (χ1v) is 17.3. The molecule has 0 radical (unpaired) electrons. The van der Waals surface area contributed by atoms with E-state index in [0.29, 0.717) is 5.69 Å². The van der Waals surface area contributed by atoms with Crippen LogP contribution in [0.25, 0.3) is 5.69 Å². The fraction of sp³-hybridized carbons (Fsp3) is 0.143. The molecule has 1 aliphatic heterocycles. The number of hydrogen-bond acceptors (Lipinski definition) is 11. The molecule has 0 spiro atoms. The van der Waals surface area contributed by atoms with E-state index in [2.05, 4.69) is 10.1 Å². The average Bonchev–Trinajstić information content (AvgIpc) is 3.63. The summed E-state index contributed by atoms with van der Waals surface area (Å²) in [5.74, 6) is -3.36. The zero-order valence-electron chi connectivity index (χ0n) is 29.0. The molecule has 0 saturated carbocycles. The van der Waals surface area contributed by atoms with Gasteiger partial charge in [0.05, 0.1) is 27.9 Å². The molecular formula is C42H33N3O10. The van der Waals surface area contributed by atoms with Gasteiger partial charge >= 0.3 is 29.6 Å². The highest BCUT2D eigenvalue weighted by Crippen LogP contribution is 2.37. The zero-order chi connectivity index (χ0) is 38.1. The standard InChI is InChI=1S/C42H33N3O10/c46-38(27-16-6-1-7-17-27)51-26-32-33(53-39(47)28-18-8-2-9-19-28)34(54-40(48)29-20-10-3-11-21-29)35(55-41(49)30-22-12-4-13-23-30)36(52-32)37-43-42(50)45(44-37)31-24-14-5-15-25-31/h1-25,32-36H,26H2,(H,43,44,50)/t32-,33-,34+,35-,36-/m1/s1. The number of carbonyl (C=O) groups excluding carboxylic acids is 4. The number of nitrogens with one attached hydrogen (secondary N) is 1. The number of carbonyl (C=O) groups is 4. The van der Waals surface area contributed by atoms with Gasteiger partial charge in [-0.2, -0.15) is 4.68 Å². The molecule has 6 aromatic rings. The zero-order valence-corrected chi connectivity index (χ0v) is 29.0. The van der Waals surface area contributed by atoms with Gasteiger partial charge in [0.2, 0.25) is 0 Å². The van der Waals surface area contributed by atoms with Gasteiger partial charge in [0, 0.05) is 0 Å². The van der Waals surface area contributed by atoms with Crippen LogP contribution in [0.4, 0.5) is 0 Å². The SMILES string of the molecule is O=C(OC[C@H]1O[C@@H](c2nn(-c3ccccc3)c(=O)[nH]2)[C@H](OC(=O)c2ccccc2)[C@@H](OC(=O)c2ccccc2)[C@@H]1OC(=O)c1ccccc1)c1ccccc1. The fourth-order valence-corrected chi connectivity index (χ4v) is 6.00. The monoisotopic (exact) mass is 739 g/mol. The van der Waals surface area contributed by atoms with E-state index in [9.17, 15) is 24.0 Å². The van der Waals surface area contributed by atoms with Crippen molar-refractivity contribution in [3.8, 4) is 5.69 Å². The van der Waals surface area contributed by atoms with E-state index in [1.165, 1.54) is 36.4 Å². The molecule has 5 aromatic carbocycles. The maximum Gasteiger partial charge on any atom is 0.348 e. The van der Waals surface area contributed by atoms with E-state index in [-0.39, 0.29) is 28.1 Å². The van der Waals surface area contributed by atoms with Crippen LogP contribution in [0.1, 0.15) is 53.4 Å². The number of nitrogens with zero attached hydrogens (tertiary/aromatic N) is 2. The van der Waals surface area contributed by atoms with Crippen LogP contribution in [0, 0.1) is 0 Å². The van der Waals surface area contributed by atoms with Gasteiger partial charge in [-0.05, 0) is 60.7 Å². The molecule has 1 aromatic heterocycles. The molecule has 13 nitrogen and oxygen atoms in total. The van der Waals surface area contributed by atoms with Crippen molar-refractivity contribution in [1.82, 2.24) is 14.8 Å². The molecule has 0 amide bonds. The number of esters is 4. The second-order valence-corrected chi connectivity index (χ2v) is 12.3. The first-order valence-electron chi connectivity index (χ1n) is 17.3. The topological polar surface area (TPSA) is 165 Å². The number of ether oxygens (including phenoxy) is 5. The third kappa shape index (κ3) is 8.42. The number of aromatic amines is 1. The normalized spacial score (nSPS) is 19.1. The van der Waals surface area contributed by atoms with Crippen LogP contribution in [0.2, 0.25) is 0 Å². The quantitative estimate of drug-likeness (QED) is 0.131. The third-order valence-corrected chi connectivity index (χ3v) is 8.69. The Hall–Kier alpha value is -7.12. The molecule has 7 rings (SSSR count). The van der Waals surface area contributed by atoms with E-state index in [1.54, 1.807) is 115 Å². The predicted molar refractivity (Wildman–Crippen MR) is 195 cm³/mol. The molecule has 0 aliphatic carbocycles. The van der Waals surface area contributed by atoms with Crippen LogP contribution >= 0.6 is 0 Å². The van der Waals surface area contributed by atoms with Crippen molar-refractivity contribution >= 4 is 23.9 Å². The van der Waals surface area contributed by atoms with E-state index in [4.69, 9.17) is 23.7 Å². The van der Waals surface area contributed by atoms with Crippen molar-refractivity contribution in [3.63, 3.8) is 0 Å². The smallest absolute Gasteiger partial charge is 0.348 e. The largest absolute Gasteiger partial charge is 0.459 e. The van der Waals surface area contributed by atoms with Gasteiger partial charge in [0.25, 0.3) is 0 Å². The van der Waals surface area contributed by atoms with Crippen molar-refractivity contribution in [3.05, 3.63) is 190 Å². The number of benzene rings is 5. The molecule has 5 atom stereocenters. The second-order valence-electron chi connectivity index (χ2n) is 12.3. The van der Waals surface area contributed by atoms with Gasteiger partial charge in [-0.25, -0.2) is 24.0 Å². The summed E-state index contributed by atoms with van der Waals surface area (Å²) < 4.78 is 31.6. The summed E-state index contributed by atoms with van der Waals surface area (Å²) in [5, 5.41) is 4.49. The summed E-state index contributed by atoms with van der Waals surface area (Å²) in [6.07, 6.45) is -7.58. The number of aromatic nitrogens is 3. The minimum atomic E-state index is -1.61. The Morgan fingerprint density at radius 2 is 0.945 bits per heavy atom. The molecular weight excluding hydrogens is 706 g/mol. The van der Waals surface area contributed by atoms with Crippen molar-refractivity contribution in [1.29, 1.82) is 0 Å². The molecule has 1 N–H and O–H groups in total. The van der Waals surface area contributed by atoms with Crippen molar-refractivity contribution in [2.75, 3.05) is 6.61 Å². The van der Waals surface area contributed by atoms with E-state index >= 15 is 0 Å². The minimum absolute atomic E-state index is 0.118. The molecule has 1 saturated heterocycles. The summed E-state index contributed by atoms with van der Waals surface area (Å²) in [5.41, 5.74) is 0.441. The second kappa shape index (κ2) is 16.7. The highest BCUT2D eigenvalue weighted by Gasteiger charge is 2.54. The lowest BCUT2D eigenvalue weighted by atomic mass is 9.93. The van der Waals surface area contributed by atoms with Gasteiger partial charge in [0.15, 0.2) is 30.2 Å². The van der Waals surface area contributed by atoms with Crippen molar-refractivity contribution in [2.24, 2.45) is 0 Å². The predicted octanol–water partition coefficient (Wildman–Crippen LogP) is 5.53. The molecule has 0 unspecified atom stereocenters. The van der Waals surface area contributed by atoms with Crippen LogP contribution in [0.15, 0.2) is 156 Å². The lowest BCUT2D eigenvalue weighted by molar-refractivity contribution is -0.233. The summed E-state index contributed by atoms with van der Waals surface area (Å²) >= 11 is 0. The van der Waals surface area contributed by atoms with Crippen LogP contribution in [-0.4, -0.2) is 69.7 Å². The van der Waals surface area contributed by atoms with E-state index in [1.807, 2.05) is 0 Å². The third-order valence-electron chi connectivity index (χ3n) is 8.69. The molecule has 1 fully saturated rings. The average molecular weight is 740 g/mol. The number of H-pyrrole nitrogens is 1. The molecule has 13 heteroatoms. The van der Waals surface area contributed by atoms with E-state index < -0.39 is 66.7 Å². The molecule has 2 heterocycles. The minimum Gasteiger partial charge on any atom is -0.459 e. The van der Waals surface area contributed by atoms with E-state index in [0.717, 1.165) is 4.68 Å². The number of hydrogen-bond donors (Lipinski definition) is 1. The number of rotatable bonds is 11. The van der Waals surface area contributed by atoms with Gasteiger partial charge in [-0.3, -0.25) is 4.98 Å². The van der Waals surface area contributed by atoms with Crippen molar-refractivity contribution in [2.45, 2.75) is 30.5 Å². The summed E-state index contributed by atoms with van der Waals surface area (Å²) in [6.45, 7) is -0.528. The highest BCUT2D eigenvalue weighted by molar-refractivity contribution is 5.91. The highest BCUT2D eigenvalue weighted by atomic mass is 16.7. The van der Waals surface area contributed by atoms with Crippen LogP contribution in [0.5, 0.6) is 0 Å². The Morgan fingerprint density at radius 3 is 1.42 bits per heavy atom. The maximum absolute atomic E-state index is 13.9. The Balaban J connectivity index is 1.34. The van der Waals surface area contributed by atoms with Crippen molar-refractivity contribution < 1.29 is 42.9 Å². The van der Waals surface area contributed by atoms with Crippen LogP contribution in [-0.2, 0) is 23.7 Å². The lowest BCUT2D eigenvalue weighted by Gasteiger charge is -2.44. The van der Waals surface area contributed by atoms with Crippen LogP contribution < -0.4 is 5.69 Å². The maximum atomic E-state index is 13.9. The van der Waals surface area contributed by atoms with Gasteiger partial charge in [-0.1, -0.05) is 91.0 Å². The molecule has 55 heavy (non-hydrogen) atoms. The summed E-state index contributed by atoms with van der Waals surface area (Å²) in [7, 11) is 0. The molecule has 0 bridgehead atoms. The van der Waals surface area contributed by atoms with Gasteiger partial charge in [-0.15, -0.1) is 5.10 Å². The first kappa shape index (κ1) is 36.2. The lowest BCUT2D eigenvalue weighted by Crippen LogP contribution is -2.60. The Morgan fingerprint density at radius 1 is 0.545 bits per heavy atom. The first-order chi connectivity index (χ1) is 26.9. The molecule has 276 valence electrons. The van der Waals surface area contributed by atoms with Gasteiger partial charge < -0.3 is 23.7 Å². The fourth-order valence-electron chi connectivity index (χ4n) is 6.00. The van der Waals surface area contributed by atoms with Gasteiger partial charge in [0.1, 0.15) is 12.7 Å². The Bertz CT molecular complexity index is 2300. The molecule has 1 aliphatic rings. The van der Waals surface area contributed by atoms with Crippen LogP contribution in [0.3, 0.4) is 0 Å². The Labute approximate surface area is 314 Å².